The first-order chi connectivity index (χ1) is 9.85. The van der Waals surface area contributed by atoms with E-state index in [0.717, 1.165) is 34.8 Å². The molecular formula is C18H34OSi2. The smallest absolute Gasteiger partial charge is 0.176 e. The van der Waals surface area contributed by atoms with Crippen molar-refractivity contribution < 1.29 is 4.12 Å². The third-order valence-corrected chi connectivity index (χ3v) is 17.0. The highest BCUT2D eigenvalue weighted by atomic mass is 28.4. The molecule has 0 aliphatic heterocycles. The maximum Gasteiger partial charge on any atom is 0.176 e. The van der Waals surface area contributed by atoms with E-state index in [0.29, 0.717) is 0 Å². The van der Waals surface area contributed by atoms with Crippen LogP contribution in [0.4, 0.5) is 0 Å². The molecule has 0 aromatic rings. The van der Waals surface area contributed by atoms with E-state index in [4.69, 9.17) is 4.12 Å². The van der Waals surface area contributed by atoms with E-state index in [1.165, 1.54) is 38.5 Å². The SMILES string of the molecule is C[Si](C)(O[Si](C)(C)C1CC2CCC1C2)C1CC2CCC1C2. The Labute approximate surface area is 133 Å². The van der Waals surface area contributed by atoms with Gasteiger partial charge in [0.1, 0.15) is 0 Å². The normalized spacial score (nSPS) is 45.7. The summed E-state index contributed by atoms with van der Waals surface area (Å²) in [6, 6.07) is 0. The molecule has 4 fully saturated rings. The van der Waals surface area contributed by atoms with Crippen molar-refractivity contribution in [1.82, 2.24) is 0 Å². The predicted octanol–water partition coefficient (Wildman–Crippen LogP) is 5.79. The molecule has 1 nitrogen and oxygen atoms in total. The molecule has 0 N–H and O–H groups in total. The first-order valence-corrected chi connectivity index (χ1v) is 15.5. The zero-order chi connectivity index (χ0) is 14.8. The van der Waals surface area contributed by atoms with E-state index in [2.05, 4.69) is 26.2 Å². The Morgan fingerprint density at radius 3 is 1.33 bits per heavy atom. The van der Waals surface area contributed by atoms with Crippen molar-refractivity contribution in [3.05, 3.63) is 0 Å². The lowest BCUT2D eigenvalue weighted by atomic mass is 10.0. The predicted molar refractivity (Wildman–Crippen MR) is 94.4 cm³/mol. The molecule has 0 heterocycles. The summed E-state index contributed by atoms with van der Waals surface area (Å²) < 4.78 is 7.18. The van der Waals surface area contributed by atoms with Gasteiger partial charge in [-0.2, -0.15) is 0 Å². The molecule has 21 heavy (non-hydrogen) atoms. The summed E-state index contributed by atoms with van der Waals surface area (Å²) in [6.07, 6.45) is 12.2. The van der Waals surface area contributed by atoms with E-state index >= 15 is 0 Å². The second kappa shape index (κ2) is 4.94. The first kappa shape index (κ1) is 15.0. The van der Waals surface area contributed by atoms with Gasteiger partial charge in [0.15, 0.2) is 16.6 Å². The van der Waals surface area contributed by atoms with Crippen LogP contribution in [-0.2, 0) is 4.12 Å². The molecule has 3 heteroatoms. The Balaban J connectivity index is 1.46. The van der Waals surface area contributed by atoms with Crippen molar-refractivity contribution in [2.75, 3.05) is 0 Å². The molecule has 120 valence electrons. The summed E-state index contributed by atoms with van der Waals surface area (Å²) in [5, 5.41) is 0. The fourth-order valence-electron chi connectivity index (χ4n) is 7.02. The van der Waals surface area contributed by atoms with Gasteiger partial charge in [0, 0.05) is 0 Å². The van der Waals surface area contributed by atoms with Crippen LogP contribution < -0.4 is 0 Å². The Kier molecular flexibility index (Phi) is 3.52. The van der Waals surface area contributed by atoms with E-state index in [1.54, 1.807) is 12.8 Å². The van der Waals surface area contributed by atoms with Crippen LogP contribution in [0.2, 0.25) is 37.3 Å². The van der Waals surface area contributed by atoms with Gasteiger partial charge in [-0.25, -0.2) is 0 Å². The number of hydrogen-bond acceptors (Lipinski definition) is 1. The highest BCUT2D eigenvalue weighted by Crippen LogP contribution is 2.59. The lowest BCUT2D eigenvalue weighted by Crippen LogP contribution is -2.51. The molecule has 6 atom stereocenters. The molecule has 4 saturated carbocycles. The lowest BCUT2D eigenvalue weighted by Gasteiger charge is -2.45. The van der Waals surface area contributed by atoms with Crippen LogP contribution in [-0.4, -0.2) is 16.6 Å². The summed E-state index contributed by atoms with van der Waals surface area (Å²) in [7, 11) is -2.99. The monoisotopic (exact) mass is 322 g/mol. The average molecular weight is 323 g/mol. The second-order valence-corrected chi connectivity index (χ2v) is 18.6. The molecule has 0 spiro atoms. The van der Waals surface area contributed by atoms with Gasteiger partial charge >= 0.3 is 0 Å². The Hall–Kier alpha value is 0.394. The molecule has 4 rings (SSSR count). The van der Waals surface area contributed by atoms with E-state index < -0.39 is 16.6 Å². The molecule has 4 bridgehead atoms. The van der Waals surface area contributed by atoms with Crippen LogP contribution in [0.3, 0.4) is 0 Å². The fourth-order valence-corrected chi connectivity index (χ4v) is 18.3. The largest absolute Gasteiger partial charge is 0.455 e. The van der Waals surface area contributed by atoms with E-state index in [9.17, 15) is 0 Å². The molecule has 0 saturated heterocycles. The van der Waals surface area contributed by atoms with Crippen molar-refractivity contribution in [2.24, 2.45) is 23.7 Å². The van der Waals surface area contributed by atoms with Crippen LogP contribution >= 0.6 is 0 Å². The minimum absolute atomic E-state index is 0.988. The third-order valence-electron chi connectivity index (χ3n) is 7.79. The molecule has 0 amide bonds. The summed E-state index contributed by atoms with van der Waals surface area (Å²) in [5.41, 5.74) is 1.98. The number of rotatable bonds is 4. The highest BCUT2D eigenvalue weighted by molar-refractivity contribution is 6.86. The van der Waals surface area contributed by atoms with Crippen LogP contribution in [0.5, 0.6) is 0 Å². The molecule has 0 aromatic carbocycles. The Bertz CT molecular complexity index is 381. The van der Waals surface area contributed by atoms with Gasteiger partial charge in [0.05, 0.1) is 0 Å². The van der Waals surface area contributed by atoms with Crippen molar-refractivity contribution in [1.29, 1.82) is 0 Å². The van der Waals surface area contributed by atoms with Crippen molar-refractivity contribution >= 4 is 16.6 Å². The van der Waals surface area contributed by atoms with Gasteiger partial charge in [-0.15, -0.1) is 0 Å². The van der Waals surface area contributed by atoms with Crippen molar-refractivity contribution in [3.63, 3.8) is 0 Å². The first-order valence-electron chi connectivity index (χ1n) is 9.55. The van der Waals surface area contributed by atoms with Gasteiger partial charge in [0.25, 0.3) is 0 Å². The maximum atomic E-state index is 7.18. The maximum absolute atomic E-state index is 7.18. The summed E-state index contributed by atoms with van der Waals surface area (Å²) in [6.45, 7) is 10.3. The van der Waals surface area contributed by atoms with E-state index in [1.807, 2.05) is 0 Å². The highest BCUT2D eigenvalue weighted by Gasteiger charge is 2.54. The molecule has 0 aromatic heterocycles. The van der Waals surface area contributed by atoms with Crippen LogP contribution in [0.15, 0.2) is 0 Å². The van der Waals surface area contributed by atoms with Gasteiger partial charge in [-0.3, -0.25) is 0 Å². The van der Waals surface area contributed by atoms with E-state index in [-0.39, 0.29) is 0 Å². The summed E-state index contributed by atoms with van der Waals surface area (Å²) in [4.78, 5) is 0. The lowest BCUT2D eigenvalue weighted by molar-refractivity contribution is 0.390. The fraction of sp³-hybridized carbons (Fsp3) is 1.00. The van der Waals surface area contributed by atoms with Gasteiger partial charge in [-0.05, 0) is 86.6 Å². The zero-order valence-electron chi connectivity index (χ0n) is 14.5. The number of hydrogen-bond donors (Lipinski definition) is 0. The van der Waals surface area contributed by atoms with Gasteiger partial charge in [-0.1, -0.05) is 25.7 Å². The third kappa shape index (κ3) is 2.51. The van der Waals surface area contributed by atoms with Crippen molar-refractivity contribution in [2.45, 2.75) is 88.6 Å². The molecule has 4 aliphatic carbocycles. The van der Waals surface area contributed by atoms with Gasteiger partial charge in [0.2, 0.25) is 0 Å². The minimum Gasteiger partial charge on any atom is -0.455 e. The molecular weight excluding hydrogens is 288 g/mol. The van der Waals surface area contributed by atoms with Crippen LogP contribution in [0.1, 0.15) is 51.4 Å². The quantitative estimate of drug-likeness (QED) is 0.595. The minimum atomic E-state index is -1.49. The molecule has 6 unspecified atom stereocenters. The summed E-state index contributed by atoms with van der Waals surface area (Å²) >= 11 is 0. The van der Waals surface area contributed by atoms with Crippen LogP contribution in [0.25, 0.3) is 0 Å². The van der Waals surface area contributed by atoms with Crippen molar-refractivity contribution in [3.8, 4) is 0 Å². The molecule has 0 radical (unpaired) electrons. The average Bonchev–Trinajstić information content (AvgIpc) is 3.17. The second-order valence-electron chi connectivity index (χ2n) is 9.87. The number of fused-ring (bicyclic) bond motifs is 4. The summed E-state index contributed by atoms with van der Waals surface area (Å²) in [5.74, 6) is 4.23. The zero-order valence-corrected chi connectivity index (χ0v) is 16.5. The van der Waals surface area contributed by atoms with Crippen LogP contribution in [0, 0.1) is 23.7 Å². The topological polar surface area (TPSA) is 9.23 Å². The standard InChI is InChI=1S/C18H34OSi2/c1-20(2,17-11-13-5-7-15(17)9-13)19-21(3,4)18-12-14-6-8-16(18)10-14/h13-18H,5-12H2,1-4H3. The Morgan fingerprint density at radius 2 is 1.05 bits per heavy atom. The Morgan fingerprint density at radius 1 is 0.619 bits per heavy atom. The molecule has 4 aliphatic rings. The van der Waals surface area contributed by atoms with Gasteiger partial charge < -0.3 is 4.12 Å².